The summed E-state index contributed by atoms with van der Waals surface area (Å²) in [7, 11) is 0. The summed E-state index contributed by atoms with van der Waals surface area (Å²) in [5.41, 5.74) is 6.93. The average Bonchev–Trinajstić information content (AvgIpc) is 3.08. The van der Waals surface area contributed by atoms with Crippen molar-refractivity contribution in [1.29, 1.82) is 0 Å². The van der Waals surface area contributed by atoms with Crippen molar-refractivity contribution in [1.82, 2.24) is 9.55 Å². The van der Waals surface area contributed by atoms with E-state index in [9.17, 15) is 4.79 Å². The number of hydrogen-bond acceptors (Lipinski definition) is 3. The van der Waals surface area contributed by atoms with Crippen molar-refractivity contribution in [3.05, 3.63) is 82.4 Å². The molecule has 25 heavy (non-hydrogen) atoms. The highest BCUT2D eigenvalue weighted by Gasteiger charge is 2.20. The summed E-state index contributed by atoms with van der Waals surface area (Å²) in [6.07, 6.45) is 5.36. The van der Waals surface area contributed by atoms with Crippen LogP contribution in [0.5, 0.6) is 0 Å². The van der Waals surface area contributed by atoms with Crippen molar-refractivity contribution in [2.75, 3.05) is 0 Å². The van der Waals surface area contributed by atoms with E-state index in [-0.39, 0.29) is 5.25 Å². The van der Waals surface area contributed by atoms with Gasteiger partial charge in [-0.2, -0.15) is 0 Å². The zero-order valence-corrected chi connectivity index (χ0v) is 15.4. The third kappa shape index (κ3) is 4.37. The molecule has 3 aromatic rings. The number of nitrogens with two attached hydrogens (primary N) is 1. The molecule has 4 nitrogen and oxygen atoms in total. The number of carbonyl (C=O) groups is 1. The maximum absolute atomic E-state index is 11.7. The van der Waals surface area contributed by atoms with E-state index in [0.717, 1.165) is 10.5 Å². The Hall–Kier alpha value is -1.95. The van der Waals surface area contributed by atoms with Crippen LogP contribution in [0.2, 0.25) is 10.0 Å². The van der Waals surface area contributed by atoms with E-state index in [1.54, 1.807) is 30.7 Å². The molecule has 1 unspecified atom stereocenters. The summed E-state index contributed by atoms with van der Waals surface area (Å²) in [5, 5.41) is 1.12. The molecule has 3 rings (SSSR count). The minimum Gasteiger partial charge on any atom is -0.366 e. The Kier molecular flexibility index (Phi) is 5.68. The molecule has 1 atom stereocenters. The molecule has 0 saturated carbocycles. The molecule has 0 radical (unpaired) electrons. The monoisotopic (exact) mass is 391 g/mol. The fourth-order valence-electron chi connectivity index (χ4n) is 2.47. The zero-order chi connectivity index (χ0) is 17.8. The van der Waals surface area contributed by atoms with Crippen LogP contribution in [0.1, 0.15) is 21.2 Å². The Bertz CT molecular complexity index is 884. The Morgan fingerprint density at radius 1 is 1.24 bits per heavy atom. The highest BCUT2D eigenvalue weighted by Crippen LogP contribution is 2.41. The van der Waals surface area contributed by atoms with Crippen LogP contribution < -0.4 is 5.73 Å². The standard InChI is InChI=1S/C18H15Cl2N3OS/c19-12-5-6-13(15(20)9-12)17(10-23-8-7-22-11-23)25-16-4-2-1-3-14(16)18(21)24/h1-9,11,17H,10H2,(H2,21,24). The average molecular weight is 392 g/mol. The number of nitrogens with zero attached hydrogens (tertiary/aromatic N) is 2. The van der Waals surface area contributed by atoms with E-state index < -0.39 is 5.91 Å². The minimum atomic E-state index is -0.452. The second-order valence-electron chi connectivity index (χ2n) is 5.39. The Balaban J connectivity index is 1.98. The van der Waals surface area contributed by atoms with E-state index in [0.29, 0.717) is 22.2 Å². The van der Waals surface area contributed by atoms with Gasteiger partial charge in [0.25, 0.3) is 0 Å². The number of thioether (sulfide) groups is 1. The number of amides is 1. The molecular formula is C18H15Cl2N3OS. The van der Waals surface area contributed by atoms with Crippen molar-refractivity contribution in [3.8, 4) is 0 Å². The predicted molar refractivity (Wildman–Crippen MR) is 102 cm³/mol. The molecule has 0 aliphatic carbocycles. The van der Waals surface area contributed by atoms with E-state index in [4.69, 9.17) is 28.9 Å². The summed E-state index contributed by atoms with van der Waals surface area (Å²) in [6.45, 7) is 0.638. The summed E-state index contributed by atoms with van der Waals surface area (Å²) < 4.78 is 1.97. The minimum absolute atomic E-state index is 0.0422. The SMILES string of the molecule is NC(=O)c1ccccc1SC(Cn1ccnc1)c1ccc(Cl)cc1Cl. The van der Waals surface area contributed by atoms with Gasteiger partial charge in [0.1, 0.15) is 0 Å². The predicted octanol–water partition coefficient (Wildman–Crippen LogP) is 4.82. The molecule has 7 heteroatoms. The van der Waals surface area contributed by atoms with Gasteiger partial charge in [-0.1, -0.05) is 41.4 Å². The maximum Gasteiger partial charge on any atom is 0.249 e. The molecule has 128 valence electrons. The summed E-state index contributed by atoms with van der Waals surface area (Å²) in [5.74, 6) is -0.452. The van der Waals surface area contributed by atoms with E-state index in [2.05, 4.69) is 4.98 Å². The Labute approximate surface area is 160 Å². The lowest BCUT2D eigenvalue weighted by atomic mass is 10.1. The van der Waals surface area contributed by atoms with Gasteiger partial charge in [-0.15, -0.1) is 11.8 Å². The lowest BCUT2D eigenvalue weighted by molar-refractivity contribution is 0.0997. The molecule has 0 saturated heterocycles. The van der Waals surface area contributed by atoms with Crippen molar-refractivity contribution in [2.45, 2.75) is 16.7 Å². The third-order valence-corrected chi connectivity index (χ3v) is 5.53. The van der Waals surface area contributed by atoms with E-state index in [1.807, 2.05) is 35.0 Å². The fourth-order valence-corrected chi connectivity index (χ4v) is 4.42. The molecule has 1 aromatic heterocycles. The van der Waals surface area contributed by atoms with Crippen molar-refractivity contribution < 1.29 is 4.79 Å². The fraction of sp³-hybridized carbons (Fsp3) is 0.111. The Morgan fingerprint density at radius 2 is 2.04 bits per heavy atom. The number of aromatic nitrogens is 2. The van der Waals surface area contributed by atoms with Gasteiger partial charge in [0.2, 0.25) is 5.91 Å². The highest BCUT2D eigenvalue weighted by molar-refractivity contribution is 7.99. The first-order valence-corrected chi connectivity index (χ1v) is 9.14. The van der Waals surface area contributed by atoms with Crippen molar-refractivity contribution >= 4 is 40.9 Å². The number of benzene rings is 2. The second kappa shape index (κ2) is 7.95. The number of halogens is 2. The lowest BCUT2D eigenvalue weighted by Gasteiger charge is -2.20. The smallest absolute Gasteiger partial charge is 0.249 e. The van der Waals surface area contributed by atoms with Gasteiger partial charge in [0.05, 0.1) is 17.1 Å². The highest BCUT2D eigenvalue weighted by atomic mass is 35.5. The number of imidazole rings is 1. The molecule has 0 bridgehead atoms. The lowest BCUT2D eigenvalue weighted by Crippen LogP contribution is -2.13. The van der Waals surface area contributed by atoms with Crippen LogP contribution in [-0.2, 0) is 6.54 Å². The van der Waals surface area contributed by atoms with Gasteiger partial charge in [0.15, 0.2) is 0 Å². The molecule has 2 aromatic carbocycles. The van der Waals surface area contributed by atoms with Gasteiger partial charge in [-0.3, -0.25) is 4.79 Å². The van der Waals surface area contributed by atoms with Gasteiger partial charge in [-0.25, -0.2) is 4.98 Å². The maximum atomic E-state index is 11.7. The number of hydrogen-bond donors (Lipinski definition) is 1. The van der Waals surface area contributed by atoms with Gasteiger partial charge >= 0.3 is 0 Å². The van der Waals surface area contributed by atoms with Gasteiger partial charge in [0, 0.05) is 33.9 Å². The van der Waals surface area contributed by atoms with E-state index in [1.165, 1.54) is 11.8 Å². The molecule has 0 aliphatic heterocycles. The van der Waals surface area contributed by atoms with E-state index >= 15 is 0 Å². The molecule has 0 fully saturated rings. The first kappa shape index (κ1) is 17.9. The molecule has 1 amide bonds. The quantitative estimate of drug-likeness (QED) is 0.612. The van der Waals surface area contributed by atoms with Crippen LogP contribution >= 0.6 is 35.0 Å². The molecule has 0 aliphatic rings. The second-order valence-corrected chi connectivity index (χ2v) is 7.48. The zero-order valence-electron chi connectivity index (χ0n) is 13.1. The van der Waals surface area contributed by atoms with Crippen LogP contribution in [0.25, 0.3) is 0 Å². The molecule has 1 heterocycles. The van der Waals surface area contributed by atoms with Crippen LogP contribution in [0.15, 0.2) is 66.1 Å². The first-order chi connectivity index (χ1) is 12.0. The summed E-state index contributed by atoms with van der Waals surface area (Å²) in [4.78, 5) is 16.6. The number of primary amides is 1. The Morgan fingerprint density at radius 3 is 2.72 bits per heavy atom. The first-order valence-electron chi connectivity index (χ1n) is 7.51. The molecule has 2 N–H and O–H groups in total. The summed E-state index contributed by atoms with van der Waals surface area (Å²) >= 11 is 14.0. The number of carbonyl (C=O) groups excluding carboxylic acids is 1. The topological polar surface area (TPSA) is 60.9 Å². The normalized spacial score (nSPS) is 12.1. The van der Waals surface area contributed by atoms with Crippen LogP contribution in [0.4, 0.5) is 0 Å². The molecular weight excluding hydrogens is 377 g/mol. The van der Waals surface area contributed by atoms with Crippen LogP contribution in [0, 0.1) is 0 Å². The largest absolute Gasteiger partial charge is 0.366 e. The molecule has 0 spiro atoms. The van der Waals surface area contributed by atoms with Gasteiger partial charge < -0.3 is 10.3 Å². The van der Waals surface area contributed by atoms with Crippen LogP contribution in [-0.4, -0.2) is 15.5 Å². The van der Waals surface area contributed by atoms with Gasteiger partial charge in [-0.05, 0) is 29.8 Å². The van der Waals surface area contributed by atoms with Crippen LogP contribution in [0.3, 0.4) is 0 Å². The van der Waals surface area contributed by atoms with Crippen molar-refractivity contribution in [2.24, 2.45) is 5.73 Å². The summed E-state index contributed by atoms with van der Waals surface area (Å²) in [6, 6.07) is 12.7. The third-order valence-electron chi connectivity index (χ3n) is 3.67. The van der Waals surface area contributed by atoms with Crippen molar-refractivity contribution in [3.63, 3.8) is 0 Å². The number of rotatable bonds is 6.